The van der Waals surface area contributed by atoms with Crippen LogP contribution in [0.4, 0.5) is 0 Å². The Labute approximate surface area is 90.5 Å². The van der Waals surface area contributed by atoms with Crippen molar-refractivity contribution in [1.82, 2.24) is 0 Å². The SMILES string of the molecule is CO[SiH2]OC.ClC1CCC1(Cl)Cl. The van der Waals surface area contributed by atoms with E-state index in [9.17, 15) is 0 Å². The molecular weight excluding hydrogens is 239 g/mol. The fraction of sp³-hybridized carbons (Fsp3) is 1.00. The maximum atomic E-state index is 5.59. The van der Waals surface area contributed by atoms with E-state index in [0.29, 0.717) is 0 Å². The summed E-state index contributed by atoms with van der Waals surface area (Å²) in [6.45, 7) is 0. The van der Waals surface area contributed by atoms with Gasteiger partial charge < -0.3 is 8.85 Å². The molecule has 12 heavy (non-hydrogen) atoms. The van der Waals surface area contributed by atoms with Gasteiger partial charge in [0, 0.05) is 14.2 Å². The van der Waals surface area contributed by atoms with Crippen molar-refractivity contribution in [2.45, 2.75) is 22.6 Å². The Morgan fingerprint density at radius 3 is 1.75 bits per heavy atom. The molecule has 0 aromatic heterocycles. The molecule has 2 nitrogen and oxygen atoms in total. The molecule has 1 aliphatic rings. The van der Waals surface area contributed by atoms with E-state index in [4.69, 9.17) is 34.8 Å². The Kier molecular flexibility index (Phi) is 7.00. The normalized spacial score (nSPS) is 25.2. The highest BCUT2D eigenvalue weighted by Gasteiger charge is 2.42. The van der Waals surface area contributed by atoms with Gasteiger partial charge in [-0.05, 0) is 12.8 Å². The highest BCUT2D eigenvalue weighted by molar-refractivity contribution is 6.53. The second kappa shape index (κ2) is 6.46. The van der Waals surface area contributed by atoms with Crippen molar-refractivity contribution >= 4 is 44.8 Å². The molecule has 1 aliphatic carbocycles. The molecule has 0 aliphatic heterocycles. The molecule has 0 amide bonds. The maximum absolute atomic E-state index is 5.59. The van der Waals surface area contributed by atoms with Crippen LogP contribution >= 0.6 is 34.8 Å². The molecule has 1 saturated carbocycles. The minimum absolute atomic E-state index is 0.0177. The standard InChI is InChI=1S/C4H5Cl3.C2H8O2Si/c5-3-1-2-4(3,6)7;1-3-5-4-2/h3H,1-2H2;5H2,1-2H3. The molecule has 0 bridgehead atoms. The number of hydrogen-bond donors (Lipinski definition) is 0. The highest BCUT2D eigenvalue weighted by atomic mass is 35.5. The van der Waals surface area contributed by atoms with Gasteiger partial charge in [0.2, 0.25) is 0 Å². The van der Waals surface area contributed by atoms with Crippen LogP contribution in [0.25, 0.3) is 0 Å². The molecule has 0 aromatic carbocycles. The molecule has 1 atom stereocenters. The van der Waals surface area contributed by atoms with E-state index in [1.807, 2.05) is 0 Å². The number of halogens is 3. The maximum Gasteiger partial charge on any atom is 0.303 e. The number of rotatable bonds is 2. The van der Waals surface area contributed by atoms with Crippen molar-refractivity contribution in [2.24, 2.45) is 0 Å². The molecule has 0 N–H and O–H groups in total. The van der Waals surface area contributed by atoms with Crippen LogP contribution < -0.4 is 0 Å². The van der Waals surface area contributed by atoms with Crippen LogP contribution in [-0.4, -0.2) is 33.9 Å². The minimum Gasteiger partial charge on any atom is -0.402 e. The van der Waals surface area contributed by atoms with E-state index >= 15 is 0 Å². The third-order valence-electron chi connectivity index (χ3n) is 1.43. The summed E-state index contributed by atoms with van der Waals surface area (Å²) in [6, 6.07) is 0. The molecule has 0 heterocycles. The predicted octanol–water partition coefficient (Wildman–Crippen LogP) is 1.84. The first-order valence-electron chi connectivity index (χ1n) is 3.54. The van der Waals surface area contributed by atoms with Crippen LogP contribution in [0.1, 0.15) is 12.8 Å². The molecule has 6 heteroatoms. The number of hydrogen-bond acceptors (Lipinski definition) is 2. The minimum atomic E-state index is -0.610. The average Bonchev–Trinajstić information content (AvgIpc) is 2.05. The van der Waals surface area contributed by atoms with Gasteiger partial charge in [-0.2, -0.15) is 0 Å². The van der Waals surface area contributed by atoms with Crippen molar-refractivity contribution in [1.29, 1.82) is 0 Å². The largest absolute Gasteiger partial charge is 0.402 e. The van der Waals surface area contributed by atoms with Gasteiger partial charge >= 0.3 is 10.0 Å². The lowest BCUT2D eigenvalue weighted by Crippen LogP contribution is -2.37. The Morgan fingerprint density at radius 2 is 1.75 bits per heavy atom. The Bertz CT molecular complexity index is 121. The molecule has 1 rings (SSSR count). The quantitative estimate of drug-likeness (QED) is 0.551. The van der Waals surface area contributed by atoms with E-state index in [1.165, 1.54) is 0 Å². The Morgan fingerprint density at radius 1 is 1.33 bits per heavy atom. The summed E-state index contributed by atoms with van der Waals surface area (Å²) in [7, 11) is 2.73. The summed E-state index contributed by atoms with van der Waals surface area (Å²) in [5, 5.41) is -0.0177. The van der Waals surface area contributed by atoms with Crippen molar-refractivity contribution in [3.63, 3.8) is 0 Å². The summed E-state index contributed by atoms with van der Waals surface area (Å²) >= 11 is 16.8. The smallest absolute Gasteiger partial charge is 0.303 e. The topological polar surface area (TPSA) is 18.5 Å². The Balaban J connectivity index is 0.000000217. The molecule has 1 fully saturated rings. The first-order valence-corrected chi connectivity index (χ1v) is 5.89. The molecule has 74 valence electrons. The van der Waals surface area contributed by atoms with Gasteiger partial charge in [0.1, 0.15) is 4.33 Å². The lowest BCUT2D eigenvalue weighted by molar-refractivity contribution is 0.309. The van der Waals surface area contributed by atoms with Gasteiger partial charge in [0.15, 0.2) is 0 Å². The van der Waals surface area contributed by atoms with E-state index in [0.717, 1.165) is 12.8 Å². The average molecular weight is 252 g/mol. The van der Waals surface area contributed by atoms with Crippen LogP contribution in [-0.2, 0) is 8.85 Å². The molecule has 1 unspecified atom stereocenters. The van der Waals surface area contributed by atoms with Gasteiger partial charge in [-0.15, -0.1) is 34.8 Å². The lowest BCUT2D eigenvalue weighted by atomic mass is 9.98. The van der Waals surface area contributed by atoms with Gasteiger partial charge in [-0.1, -0.05) is 0 Å². The summed E-state index contributed by atoms with van der Waals surface area (Å²) in [6.07, 6.45) is 1.79. The van der Waals surface area contributed by atoms with Gasteiger partial charge in [-0.3, -0.25) is 0 Å². The molecular formula is C6H13Cl3O2Si. The summed E-state index contributed by atoms with van der Waals surface area (Å²) in [4.78, 5) is 0. The first kappa shape index (κ1) is 13.0. The third kappa shape index (κ3) is 4.89. The summed E-state index contributed by atoms with van der Waals surface area (Å²) < 4.78 is 8.61. The van der Waals surface area contributed by atoms with Crippen molar-refractivity contribution in [2.75, 3.05) is 14.2 Å². The van der Waals surface area contributed by atoms with Gasteiger partial charge in [0.25, 0.3) is 0 Å². The molecule has 0 saturated heterocycles. The van der Waals surface area contributed by atoms with Crippen molar-refractivity contribution in [3.05, 3.63) is 0 Å². The number of alkyl halides is 3. The first-order chi connectivity index (χ1) is 5.54. The fourth-order valence-corrected chi connectivity index (χ4v) is 1.48. The fourth-order valence-electron chi connectivity index (χ4n) is 0.590. The van der Waals surface area contributed by atoms with E-state index in [-0.39, 0.29) is 5.38 Å². The Hall–Kier alpha value is 1.01. The summed E-state index contributed by atoms with van der Waals surface area (Å²) in [5.41, 5.74) is 0. The zero-order chi connectivity index (χ0) is 9.61. The zero-order valence-electron chi connectivity index (χ0n) is 7.15. The van der Waals surface area contributed by atoms with Gasteiger partial charge in [-0.25, -0.2) is 0 Å². The highest BCUT2D eigenvalue weighted by Crippen LogP contribution is 2.45. The van der Waals surface area contributed by atoms with Crippen LogP contribution in [0.15, 0.2) is 0 Å². The molecule has 0 radical (unpaired) electrons. The van der Waals surface area contributed by atoms with E-state index in [1.54, 1.807) is 14.2 Å². The predicted molar refractivity (Wildman–Crippen MR) is 55.9 cm³/mol. The van der Waals surface area contributed by atoms with Crippen LogP contribution in [0.5, 0.6) is 0 Å². The lowest BCUT2D eigenvalue weighted by Gasteiger charge is -2.34. The molecule has 0 spiro atoms. The van der Waals surface area contributed by atoms with Gasteiger partial charge in [0.05, 0.1) is 5.38 Å². The van der Waals surface area contributed by atoms with Crippen LogP contribution in [0.3, 0.4) is 0 Å². The third-order valence-corrected chi connectivity index (χ3v) is 3.62. The van der Waals surface area contributed by atoms with E-state index in [2.05, 4.69) is 8.85 Å². The van der Waals surface area contributed by atoms with Crippen LogP contribution in [0, 0.1) is 0 Å². The molecule has 0 aromatic rings. The van der Waals surface area contributed by atoms with Crippen molar-refractivity contribution in [3.8, 4) is 0 Å². The van der Waals surface area contributed by atoms with Crippen LogP contribution in [0.2, 0.25) is 0 Å². The van der Waals surface area contributed by atoms with Crippen molar-refractivity contribution < 1.29 is 8.85 Å². The zero-order valence-corrected chi connectivity index (χ0v) is 10.8. The second-order valence-electron chi connectivity index (χ2n) is 2.46. The second-order valence-corrected chi connectivity index (χ2v) is 5.92. The van der Waals surface area contributed by atoms with E-state index < -0.39 is 14.3 Å². The monoisotopic (exact) mass is 250 g/mol. The summed E-state index contributed by atoms with van der Waals surface area (Å²) in [5.74, 6) is 0.